The molecular weight excluding hydrogens is 538 g/mol. The van der Waals surface area contributed by atoms with Crippen molar-refractivity contribution in [2.45, 2.75) is 38.7 Å². The van der Waals surface area contributed by atoms with Crippen molar-refractivity contribution in [3.8, 4) is 16.9 Å². The molecule has 4 rings (SSSR count). The summed E-state index contributed by atoms with van der Waals surface area (Å²) in [5, 5.41) is 2.75. The molecule has 4 nitrogen and oxygen atoms in total. The second-order valence-corrected chi connectivity index (χ2v) is 11.2. The highest BCUT2D eigenvalue weighted by Gasteiger charge is 2.18. The molecule has 0 spiro atoms. The molecule has 0 heterocycles. The van der Waals surface area contributed by atoms with E-state index in [1.165, 1.54) is 5.56 Å². The molecule has 0 radical (unpaired) electrons. The third kappa shape index (κ3) is 6.99. The quantitative estimate of drug-likeness (QED) is 0.164. The minimum atomic E-state index is -0.354. The topological polar surface area (TPSA) is 55.4 Å². The van der Waals surface area contributed by atoms with E-state index in [2.05, 4.69) is 78.4 Å². The average molecular weight is 571 g/mol. The van der Waals surface area contributed by atoms with Gasteiger partial charge >= 0.3 is 0 Å². The first-order valence-corrected chi connectivity index (χ1v) is 13.5. The lowest BCUT2D eigenvalue weighted by Crippen LogP contribution is -2.24. The SMILES string of the molecule is CC(C)(C)c1ccc(-c2ccc(OC(c3ccc(Br)cc3)c3ccc(C(=O)NCCC=O)cc3)cc2)cc1. The number of hydrogen-bond acceptors (Lipinski definition) is 3. The van der Waals surface area contributed by atoms with Crippen LogP contribution in [0.4, 0.5) is 0 Å². The number of benzene rings is 4. The van der Waals surface area contributed by atoms with Gasteiger partial charge in [-0.1, -0.05) is 97.4 Å². The van der Waals surface area contributed by atoms with Crippen molar-refractivity contribution in [3.05, 3.63) is 124 Å². The fourth-order valence-electron chi connectivity index (χ4n) is 4.15. The highest BCUT2D eigenvalue weighted by molar-refractivity contribution is 9.10. The number of ether oxygens (including phenoxy) is 1. The van der Waals surface area contributed by atoms with Crippen LogP contribution in [-0.2, 0) is 10.2 Å². The number of nitrogens with one attached hydrogen (secondary N) is 1. The molecule has 5 heteroatoms. The number of amides is 1. The number of carbonyl (C=O) groups excluding carboxylic acids is 2. The maximum absolute atomic E-state index is 12.4. The molecule has 0 aliphatic heterocycles. The zero-order chi connectivity index (χ0) is 27.1. The molecule has 1 unspecified atom stereocenters. The lowest BCUT2D eigenvalue weighted by molar-refractivity contribution is -0.107. The summed E-state index contributed by atoms with van der Waals surface area (Å²) in [6.45, 7) is 6.97. The molecule has 0 aliphatic carbocycles. The Labute approximate surface area is 233 Å². The maximum atomic E-state index is 12.4. The molecule has 1 atom stereocenters. The van der Waals surface area contributed by atoms with E-state index in [1.807, 2.05) is 48.5 Å². The van der Waals surface area contributed by atoms with Crippen LogP contribution in [0.1, 0.15) is 60.3 Å². The highest BCUT2D eigenvalue weighted by Crippen LogP contribution is 2.32. The molecule has 0 fully saturated rings. The number of rotatable bonds is 9. The van der Waals surface area contributed by atoms with E-state index in [9.17, 15) is 9.59 Å². The van der Waals surface area contributed by atoms with Gasteiger partial charge in [0.1, 0.15) is 18.1 Å². The van der Waals surface area contributed by atoms with E-state index in [0.717, 1.165) is 38.8 Å². The second kappa shape index (κ2) is 12.2. The van der Waals surface area contributed by atoms with Crippen LogP contribution in [0.25, 0.3) is 11.1 Å². The largest absolute Gasteiger partial charge is 0.481 e. The molecule has 0 saturated heterocycles. The number of carbonyl (C=O) groups is 2. The fourth-order valence-corrected chi connectivity index (χ4v) is 4.41. The van der Waals surface area contributed by atoms with E-state index in [4.69, 9.17) is 4.74 Å². The first-order valence-electron chi connectivity index (χ1n) is 12.7. The monoisotopic (exact) mass is 569 g/mol. The van der Waals surface area contributed by atoms with Crippen LogP contribution >= 0.6 is 15.9 Å². The Hall–Kier alpha value is -3.70. The summed E-state index contributed by atoms with van der Waals surface area (Å²) in [6.07, 6.45) is 0.732. The zero-order valence-corrected chi connectivity index (χ0v) is 23.5. The predicted octanol–water partition coefficient (Wildman–Crippen LogP) is 7.90. The van der Waals surface area contributed by atoms with Gasteiger partial charge in [0.15, 0.2) is 0 Å². The molecule has 1 amide bonds. The summed E-state index contributed by atoms with van der Waals surface area (Å²) >= 11 is 3.51. The molecule has 4 aromatic rings. The standard InChI is InChI=1S/C33H32BrNO3/c1-33(2,3)28-15-9-23(10-16-28)24-13-19-30(20-14-24)38-31(26-11-17-29(34)18-12-26)25-5-7-27(8-6-25)32(37)35-21-4-22-36/h5-20,22,31H,4,21H2,1-3H3,(H,35,37). The molecule has 4 aromatic carbocycles. The number of hydrogen-bond donors (Lipinski definition) is 1. The zero-order valence-electron chi connectivity index (χ0n) is 21.9. The molecular formula is C33H32BrNO3. The van der Waals surface area contributed by atoms with Crippen LogP contribution in [0.3, 0.4) is 0 Å². The van der Waals surface area contributed by atoms with Crippen LogP contribution in [0, 0.1) is 0 Å². The van der Waals surface area contributed by atoms with Gasteiger partial charge in [0.2, 0.25) is 0 Å². The summed E-state index contributed by atoms with van der Waals surface area (Å²) < 4.78 is 7.50. The van der Waals surface area contributed by atoms with E-state index in [1.54, 1.807) is 12.1 Å². The van der Waals surface area contributed by atoms with Crippen LogP contribution in [0.15, 0.2) is 102 Å². The minimum Gasteiger partial charge on any atom is -0.481 e. The molecule has 0 saturated carbocycles. The van der Waals surface area contributed by atoms with E-state index in [-0.39, 0.29) is 17.4 Å². The van der Waals surface area contributed by atoms with Gasteiger partial charge in [-0.05, 0) is 69.6 Å². The average Bonchev–Trinajstić information content (AvgIpc) is 2.92. The van der Waals surface area contributed by atoms with E-state index < -0.39 is 0 Å². The number of halogens is 1. The Balaban J connectivity index is 1.55. The Morgan fingerprint density at radius 3 is 1.87 bits per heavy atom. The fraction of sp³-hybridized carbons (Fsp3) is 0.212. The van der Waals surface area contributed by atoms with Crippen molar-refractivity contribution in [1.29, 1.82) is 0 Å². The van der Waals surface area contributed by atoms with Gasteiger partial charge in [-0.2, -0.15) is 0 Å². The minimum absolute atomic E-state index is 0.122. The highest BCUT2D eigenvalue weighted by atomic mass is 79.9. The van der Waals surface area contributed by atoms with E-state index >= 15 is 0 Å². The van der Waals surface area contributed by atoms with Gasteiger partial charge in [-0.3, -0.25) is 4.79 Å². The third-order valence-corrected chi connectivity index (χ3v) is 6.92. The summed E-state index contributed by atoms with van der Waals surface area (Å²) in [7, 11) is 0. The van der Waals surface area contributed by atoms with Crippen molar-refractivity contribution in [3.63, 3.8) is 0 Å². The Kier molecular flexibility index (Phi) is 8.80. The Bertz CT molecular complexity index is 1350. The van der Waals surface area contributed by atoms with Gasteiger partial charge in [-0.25, -0.2) is 0 Å². The normalized spacial score (nSPS) is 12.0. The Morgan fingerprint density at radius 1 is 0.816 bits per heavy atom. The van der Waals surface area contributed by atoms with Crippen LogP contribution < -0.4 is 10.1 Å². The first-order chi connectivity index (χ1) is 18.2. The van der Waals surface area contributed by atoms with Crippen LogP contribution in [-0.4, -0.2) is 18.7 Å². The van der Waals surface area contributed by atoms with Crippen molar-refractivity contribution in [2.75, 3.05) is 6.54 Å². The lowest BCUT2D eigenvalue weighted by Gasteiger charge is -2.21. The summed E-state index contributed by atoms with van der Waals surface area (Å²) in [5.41, 5.74) is 6.19. The van der Waals surface area contributed by atoms with Crippen molar-refractivity contribution in [1.82, 2.24) is 5.32 Å². The summed E-state index contributed by atoms with van der Waals surface area (Å²) in [6, 6.07) is 32.3. The smallest absolute Gasteiger partial charge is 0.251 e. The molecule has 0 bridgehead atoms. The molecule has 194 valence electrons. The molecule has 0 aliphatic rings. The predicted molar refractivity (Wildman–Crippen MR) is 157 cm³/mol. The van der Waals surface area contributed by atoms with Crippen molar-refractivity contribution < 1.29 is 14.3 Å². The van der Waals surface area contributed by atoms with Gasteiger partial charge in [0, 0.05) is 23.0 Å². The summed E-state index contributed by atoms with van der Waals surface area (Å²) in [4.78, 5) is 22.9. The molecule has 38 heavy (non-hydrogen) atoms. The molecule has 0 aromatic heterocycles. The van der Waals surface area contributed by atoms with Gasteiger partial charge < -0.3 is 14.8 Å². The Morgan fingerprint density at radius 2 is 1.34 bits per heavy atom. The lowest BCUT2D eigenvalue weighted by atomic mass is 9.86. The van der Waals surface area contributed by atoms with Crippen molar-refractivity contribution in [2.24, 2.45) is 0 Å². The van der Waals surface area contributed by atoms with Crippen molar-refractivity contribution >= 4 is 28.1 Å². The third-order valence-electron chi connectivity index (χ3n) is 6.39. The van der Waals surface area contributed by atoms with Crippen LogP contribution in [0.2, 0.25) is 0 Å². The number of aldehydes is 1. The van der Waals surface area contributed by atoms with Gasteiger partial charge in [0.25, 0.3) is 5.91 Å². The van der Waals surface area contributed by atoms with Gasteiger partial charge in [0.05, 0.1) is 0 Å². The second-order valence-electron chi connectivity index (χ2n) is 10.2. The first kappa shape index (κ1) is 27.3. The van der Waals surface area contributed by atoms with Crippen LogP contribution in [0.5, 0.6) is 5.75 Å². The molecule has 1 N–H and O–H groups in total. The van der Waals surface area contributed by atoms with Gasteiger partial charge in [-0.15, -0.1) is 0 Å². The maximum Gasteiger partial charge on any atom is 0.251 e. The van der Waals surface area contributed by atoms with E-state index in [0.29, 0.717) is 18.5 Å². The summed E-state index contributed by atoms with van der Waals surface area (Å²) in [5.74, 6) is 0.550.